The summed E-state index contributed by atoms with van der Waals surface area (Å²) in [5.74, 6) is 0.251. The number of carbonyl (C=O) groups is 3. The number of hydrogen-bond donors (Lipinski definition) is 1. The van der Waals surface area contributed by atoms with E-state index in [9.17, 15) is 14.4 Å². The summed E-state index contributed by atoms with van der Waals surface area (Å²) in [6.07, 6.45) is 2.56. The third-order valence-electron chi connectivity index (χ3n) is 1.95. The lowest BCUT2D eigenvalue weighted by molar-refractivity contribution is -0.154. The number of hydrogen-bond acceptors (Lipinski definition) is 7. The Labute approximate surface area is 139 Å². The topological polar surface area (TPSA) is 81.7 Å². The number of rotatable bonds is 9. The van der Waals surface area contributed by atoms with E-state index >= 15 is 0 Å². The van der Waals surface area contributed by atoms with Crippen molar-refractivity contribution in [1.29, 1.82) is 0 Å². The highest BCUT2D eigenvalue weighted by molar-refractivity contribution is 8.76. The van der Waals surface area contributed by atoms with Crippen LogP contribution in [0.3, 0.4) is 0 Å². The summed E-state index contributed by atoms with van der Waals surface area (Å²) in [6.45, 7) is 5.99. The summed E-state index contributed by atoms with van der Waals surface area (Å²) in [4.78, 5) is 33.5. The van der Waals surface area contributed by atoms with E-state index in [4.69, 9.17) is 4.74 Å². The van der Waals surface area contributed by atoms with Gasteiger partial charge in [0, 0.05) is 30.2 Å². The van der Waals surface area contributed by atoms with Gasteiger partial charge in [-0.2, -0.15) is 0 Å². The molecule has 6 nitrogen and oxygen atoms in total. The van der Waals surface area contributed by atoms with Crippen molar-refractivity contribution in [2.24, 2.45) is 0 Å². The Bertz CT molecular complexity index is 405. The molecule has 0 aliphatic heterocycles. The molecule has 0 spiro atoms. The fraction of sp³-hybridized carbons (Fsp3) is 0.643. The van der Waals surface area contributed by atoms with Crippen LogP contribution in [0.1, 0.15) is 27.2 Å². The van der Waals surface area contributed by atoms with Crippen LogP contribution in [0.2, 0.25) is 0 Å². The van der Waals surface area contributed by atoms with Gasteiger partial charge < -0.3 is 14.8 Å². The zero-order valence-electron chi connectivity index (χ0n) is 13.3. The number of ether oxygens (including phenoxy) is 2. The molecular weight excluding hydrogens is 326 g/mol. The molecule has 0 saturated carbocycles. The number of carbonyl (C=O) groups excluding carboxylic acids is 3. The summed E-state index contributed by atoms with van der Waals surface area (Å²) >= 11 is 0. The fourth-order valence-electron chi connectivity index (χ4n) is 1.12. The van der Waals surface area contributed by atoms with E-state index in [-0.39, 0.29) is 11.9 Å². The monoisotopic (exact) mass is 349 g/mol. The minimum Gasteiger partial charge on any atom is -0.466 e. The van der Waals surface area contributed by atoms with Crippen molar-refractivity contribution in [3.05, 3.63) is 12.2 Å². The summed E-state index contributed by atoms with van der Waals surface area (Å²) < 4.78 is 9.56. The number of esters is 2. The van der Waals surface area contributed by atoms with Crippen LogP contribution in [0, 0.1) is 0 Å². The van der Waals surface area contributed by atoms with Gasteiger partial charge in [-0.1, -0.05) is 21.6 Å². The summed E-state index contributed by atoms with van der Waals surface area (Å²) in [7, 11) is 4.36. The molecular formula is C14H23NO5S2. The first kappa shape index (κ1) is 20.9. The average molecular weight is 349 g/mol. The summed E-state index contributed by atoms with van der Waals surface area (Å²) in [5.41, 5.74) is -0.448. The van der Waals surface area contributed by atoms with Crippen molar-refractivity contribution < 1.29 is 23.9 Å². The molecule has 1 amide bonds. The highest BCUT2D eigenvalue weighted by Gasteiger charge is 2.15. The van der Waals surface area contributed by atoms with Gasteiger partial charge in [-0.25, -0.2) is 4.79 Å². The van der Waals surface area contributed by atoms with Crippen LogP contribution in [0.25, 0.3) is 0 Å². The first-order valence-corrected chi connectivity index (χ1v) is 9.23. The van der Waals surface area contributed by atoms with Crippen LogP contribution in [-0.2, 0) is 23.9 Å². The molecule has 0 rings (SSSR count). The third kappa shape index (κ3) is 13.8. The van der Waals surface area contributed by atoms with E-state index in [0.717, 1.165) is 12.2 Å². The number of amides is 1. The second kappa shape index (κ2) is 11.4. The highest BCUT2D eigenvalue weighted by atomic mass is 33.1. The smallest absolute Gasteiger partial charge is 0.330 e. The normalized spacial score (nSPS) is 11.3. The van der Waals surface area contributed by atoms with E-state index in [0.29, 0.717) is 24.5 Å². The Hall–Kier alpha value is -1.15. The van der Waals surface area contributed by atoms with Crippen molar-refractivity contribution in [3.63, 3.8) is 0 Å². The van der Waals surface area contributed by atoms with Gasteiger partial charge in [-0.15, -0.1) is 0 Å². The van der Waals surface area contributed by atoms with Gasteiger partial charge in [0.15, 0.2) is 0 Å². The fourth-order valence-corrected chi connectivity index (χ4v) is 3.00. The standard InChI is InChI=1S/C14H23NO5S2/c1-14(2,3)20-13(18)7-9-21-22-10-8-15-11(16)5-6-12(17)19-4/h5-6H,7-10H2,1-4H3,(H,15,16)/b6-5+. The molecule has 0 saturated heterocycles. The molecule has 1 N–H and O–H groups in total. The first-order valence-electron chi connectivity index (χ1n) is 6.74. The van der Waals surface area contributed by atoms with Crippen LogP contribution in [-0.4, -0.2) is 48.6 Å². The Morgan fingerprint density at radius 2 is 1.73 bits per heavy atom. The van der Waals surface area contributed by atoms with Crippen LogP contribution < -0.4 is 5.32 Å². The lowest BCUT2D eigenvalue weighted by Crippen LogP contribution is -2.24. The predicted molar refractivity (Wildman–Crippen MR) is 89.5 cm³/mol. The van der Waals surface area contributed by atoms with Crippen LogP contribution in [0.4, 0.5) is 0 Å². The Balaban J connectivity index is 3.55. The molecule has 0 atom stereocenters. The van der Waals surface area contributed by atoms with E-state index in [1.54, 1.807) is 21.6 Å². The van der Waals surface area contributed by atoms with Crippen LogP contribution >= 0.6 is 21.6 Å². The van der Waals surface area contributed by atoms with E-state index < -0.39 is 11.6 Å². The molecule has 0 aromatic rings. The van der Waals surface area contributed by atoms with Crippen LogP contribution in [0.5, 0.6) is 0 Å². The largest absolute Gasteiger partial charge is 0.466 e. The zero-order valence-corrected chi connectivity index (χ0v) is 15.0. The summed E-state index contributed by atoms with van der Waals surface area (Å²) in [6, 6.07) is 0. The molecule has 0 radical (unpaired) electrons. The Morgan fingerprint density at radius 1 is 1.09 bits per heavy atom. The van der Waals surface area contributed by atoms with E-state index in [1.165, 1.54) is 7.11 Å². The average Bonchev–Trinajstić information content (AvgIpc) is 2.41. The van der Waals surface area contributed by atoms with Gasteiger partial charge in [-0.3, -0.25) is 9.59 Å². The molecule has 0 aliphatic carbocycles. The lowest BCUT2D eigenvalue weighted by atomic mass is 10.2. The molecule has 0 heterocycles. The molecule has 0 bridgehead atoms. The maximum atomic E-state index is 11.4. The minimum absolute atomic E-state index is 0.207. The van der Waals surface area contributed by atoms with Crippen molar-refractivity contribution in [2.75, 3.05) is 25.2 Å². The Kier molecular flexibility index (Phi) is 10.8. The SMILES string of the molecule is COC(=O)/C=C/C(=O)NCCSSCCC(=O)OC(C)(C)C. The highest BCUT2D eigenvalue weighted by Crippen LogP contribution is 2.21. The summed E-state index contributed by atoms with van der Waals surface area (Å²) in [5, 5.41) is 2.63. The predicted octanol–water partition coefficient (Wildman–Crippen LogP) is 1.94. The second-order valence-electron chi connectivity index (χ2n) is 5.13. The van der Waals surface area contributed by atoms with Gasteiger partial charge in [-0.05, 0) is 20.8 Å². The molecule has 126 valence electrons. The molecule has 22 heavy (non-hydrogen) atoms. The van der Waals surface area contributed by atoms with Gasteiger partial charge in [0.25, 0.3) is 0 Å². The van der Waals surface area contributed by atoms with Gasteiger partial charge in [0.05, 0.1) is 13.5 Å². The maximum Gasteiger partial charge on any atom is 0.330 e. The number of nitrogens with one attached hydrogen (secondary N) is 1. The molecule has 8 heteroatoms. The van der Waals surface area contributed by atoms with Gasteiger partial charge in [0.2, 0.25) is 5.91 Å². The molecule has 0 fully saturated rings. The second-order valence-corrected chi connectivity index (χ2v) is 7.83. The van der Waals surface area contributed by atoms with Gasteiger partial charge >= 0.3 is 11.9 Å². The third-order valence-corrected chi connectivity index (χ3v) is 4.36. The van der Waals surface area contributed by atoms with Crippen molar-refractivity contribution in [3.8, 4) is 0 Å². The zero-order chi connectivity index (χ0) is 17.0. The molecule has 0 aromatic carbocycles. The molecule has 0 aliphatic rings. The Morgan fingerprint density at radius 3 is 2.32 bits per heavy atom. The van der Waals surface area contributed by atoms with Crippen molar-refractivity contribution in [1.82, 2.24) is 5.32 Å². The van der Waals surface area contributed by atoms with E-state index in [1.807, 2.05) is 20.8 Å². The molecule has 0 aromatic heterocycles. The minimum atomic E-state index is -0.567. The van der Waals surface area contributed by atoms with Crippen molar-refractivity contribution in [2.45, 2.75) is 32.8 Å². The first-order chi connectivity index (χ1) is 10.2. The van der Waals surface area contributed by atoms with Crippen LogP contribution in [0.15, 0.2) is 12.2 Å². The van der Waals surface area contributed by atoms with Gasteiger partial charge in [0.1, 0.15) is 5.60 Å². The van der Waals surface area contributed by atoms with E-state index in [2.05, 4.69) is 10.1 Å². The number of methoxy groups -OCH3 is 1. The quantitative estimate of drug-likeness (QED) is 0.295. The lowest BCUT2D eigenvalue weighted by Gasteiger charge is -2.19. The maximum absolute atomic E-state index is 11.4. The van der Waals surface area contributed by atoms with Crippen molar-refractivity contribution >= 4 is 39.4 Å². The molecule has 0 unspecified atom stereocenters.